The van der Waals surface area contributed by atoms with E-state index in [1.54, 1.807) is 55.6 Å². The Morgan fingerprint density at radius 1 is 1.03 bits per heavy atom. The van der Waals surface area contributed by atoms with Crippen LogP contribution in [0.4, 0.5) is 10.5 Å². The van der Waals surface area contributed by atoms with E-state index in [4.69, 9.17) is 9.47 Å². The molecule has 0 bridgehead atoms. The second kappa shape index (κ2) is 10.3. The number of sulfonamides is 1. The molecule has 0 radical (unpaired) electrons. The van der Waals surface area contributed by atoms with Crippen molar-refractivity contribution in [3.63, 3.8) is 0 Å². The minimum atomic E-state index is -3.45. The zero-order valence-corrected chi connectivity index (χ0v) is 17.8. The van der Waals surface area contributed by atoms with Gasteiger partial charge in [-0.3, -0.25) is 0 Å². The lowest BCUT2D eigenvalue weighted by Gasteiger charge is -2.25. The number of hydrogen-bond acceptors (Lipinski definition) is 5. The predicted molar refractivity (Wildman–Crippen MR) is 115 cm³/mol. The molecular formula is C21H27N3O5S. The molecule has 0 saturated carbocycles. The van der Waals surface area contributed by atoms with Gasteiger partial charge in [0.15, 0.2) is 0 Å². The number of anilines is 1. The van der Waals surface area contributed by atoms with Crippen molar-refractivity contribution in [2.24, 2.45) is 0 Å². The van der Waals surface area contributed by atoms with Crippen molar-refractivity contribution >= 4 is 21.7 Å². The van der Waals surface area contributed by atoms with Crippen LogP contribution in [0, 0.1) is 0 Å². The van der Waals surface area contributed by atoms with Gasteiger partial charge in [-0.25, -0.2) is 13.2 Å². The van der Waals surface area contributed by atoms with Crippen molar-refractivity contribution in [3.8, 4) is 11.5 Å². The van der Waals surface area contributed by atoms with Crippen molar-refractivity contribution in [1.82, 2.24) is 9.62 Å². The van der Waals surface area contributed by atoms with E-state index in [-0.39, 0.29) is 17.5 Å². The number of urea groups is 1. The van der Waals surface area contributed by atoms with Gasteiger partial charge in [-0.1, -0.05) is 12.5 Å². The van der Waals surface area contributed by atoms with Crippen LogP contribution in [0.15, 0.2) is 53.4 Å². The first-order chi connectivity index (χ1) is 14.5. The number of hydrogen-bond donors (Lipinski definition) is 2. The summed E-state index contributed by atoms with van der Waals surface area (Å²) in [6.45, 7) is 1.70. The maximum atomic E-state index is 12.6. The van der Waals surface area contributed by atoms with E-state index in [9.17, 15) is 13.2 Å². The number of piperidine rings is 1. The van der Waals surface area contributed by atoms with Crippen LogP contribution in [0.2, 0.25) is 0 Å². The summed E-state index contributed by atoms with van der Waals surface area (Å²) in [7, 11) is -1.88. The van der Waals surface area contributed by atoms with Crippen molar-refractivity contribution in [3.05, 3.63) is 48.5 Å². The number of methoxy groups -OCH3 is 1. The quantitative estimate of drug-likeness (QED) is 0.624. The highest BCUT2D eigenvalue weighted by atomic mass is 32.2. The third kappa shape index (κ3) is 5.87. The third-order valence-corrected chi connectivity index (χ3v) is 6.67. The van der Waals surface area contributed by atoms with Crippen LogP contribution in [0.1, 0.15) is 19.3 Å². The number of benzene rings is 2. The summed E-state index contributed by atoms with van der Waals surface area (Å²) < 4.78 is 37.5. The molecule has 0 spiro atoms. The Bertz CT molecular complexity index is 941. The monoisotopic (exact) mass is 433 g/mol. The van der Waals surface area contributed by atoms with Gasteiger partial charge in [0.1, 0.15) is 18.1 Å². The maximum Gasteiger partial charge on any atom is 0.319 e. The second-order valence-corrected chi connectivity index (χ2v) is 8.84. The first-order valence-electron chi connectivity index (χ1n) is 9.91. The van der Waals surface area contributed by atoms with Crippen molar-refractivity contribution in [2.75, 3.05) is 38.7 Å². The van der Waals surface area contributed by atoms with E-state index < -0.39 is 10.0 Å². The molecule has 1 fully saturated rings. The van der Waals surface area contributed by atoms with Crippen LogP contribution in [-0.2, 0) is 10.0 Å². The lowest BCUT2D eigenvalue weighted by molar-refractivity contribution is 0.247. The Balaban J connectivity index is 1.43. The Kier molecular flexibility index (Phi) is 7.53. The summed E-state index contributed by atoms with van der Waals surface area (Å²) in [5.74, 6) is 1.20. The third-order valence-electron chi connectivity index (χ3n) is 4.76. The second-order valence-electron chi connectivity index (χ2n) is 6.90. The zero-order chi connectivity index (χ0) is 21.4. The molecule has 2 N–H and O–H groups in total. The molecule has 3 rings (SSSR count). The summed E-state index contributed by atoms with van der Waals surface area (Å²) in [6.07, 6.45) is 2.88. The molecule has 2 aromatic carbocycles. The van der Waals surface area contributed by atoms with Crippen LogP contribution in [0.3, 0.4) is 0 Å². The Morgan fingerprint density at radius 2 is 1.77 bits per heavy atom. The maximum absolute atomic E-state index is 12.6. The molecular weight excluding hydrogens is 406 g/mol. The standard InChI is InChI=1S/C21H27N3O5S/c1-28-19-7-5-6-17(16-19)23-21(25)22-12-15-29-18-8-10-20(11-9-18)30(26,27)24-13-3-2-4-14-24/h5-11,16H,2-4,12-15H2,1H3,(H2,22,23,25). The van der Waals surface area contributed by atoms with Gasteiger partial charge in [-0.2, -0.15) is 4.31 Å². The predicted octanol–water partition coefficient (Wildman–Crippen LogP) is 3.07. The van der Waals surface area contributed by atoms with E-state index in [1.807, 2.05) is 0 Å². The van der Waals surface area contributed by atoms with Crippen molar-refractivity contribution in [1.29, 1.82) is 0 Å². The summed E-state index contributed by atoms with van der Waals surface area (Å²) >= 11 is 0. The molecule has 8 nitrogen and oxygen atoms in total. The van der Waals surface area contributed by atoms with Crippen LogP contribution in [0.25, 0.3) is 0 Å². The molecule has 1 aliphatic rings. The fourth-order valence-electron chi connectivity index (χ4n) is 3.17. The largest absolute Gasteiger partial charge is 0.497 e. The highest BCUT2D eigenvalue weighted by molar-refractivity contribution is 7.89. The molecule has 0 aliphatic carbocycles. The van der Waals surface area contributed by atoms with Gasteiger partial charge in [-0.15, -0.1) is 0 Å². The normalized spacial score (nSPS) is 14.7. The molecule has 1 saturated heterocycles. The molecule has 1 aliphatic heterocycles. The van der Waals surface area contributed by atoms with E-state index in [0.717, 1.165) is 19.3 Å². The fourth-order valence-corrected chi connectivity index (χ4v) is 4.69. The molecule has 162 valence electrons. The van der Waals surface area contributed by atoms with E-state index in [2.05, 4.69) is 10.6 Å². The van der Waals surface area contributed by atoms with Crippen molar-refractivity contribution < 1.29 is 22.7 Å². The summed E-state index contributed by atoms with van der Waals surface area (Å²) in [5, 5.41) is 5.41. The highest BCUT2D eigenvalue weighted by Crippen LogP contribution is 2.22. The lowest BCUT2D eigenvalue weighted by Crippen LogP contribution is -2.35. The van der Waals surface area contributed by atoms with Gasteiger partial charge in [0.25, 0.3) is 0 Å². The van der Waals surface area contributed by atoms with E-state index in [1.165, 1.54) is 4.31 Å². The molecule has 2 amide bonds. The topological polar surface area (TPSA) is 97.0 Å². The summed E-state index contributed by atoms with van der Waals surface area (Å²) in [6, 6.07) is 13.1. The summed E-state index contributed by atoms with van der Waals surface area (Å²) in [4.78, 5) is 12.2. The fraction of sp³-hybridized carbons (Fsp3) is 0.381. The lowest BCUT2D eigenvalue weighted by atomic mass is 10.2. The number of rotatable bonds is 8. The molecule has 30 heavy (non-hydrogen) atoms. The van der Waals surface area contributed by atoms with Crippen LogP contribution >= 0.6 is 0 Å². The Hall–Kier alpha value is -2.78. The van der Waals surface area contributed by atoms with Crippen LogP contribution in [-0.4, -0.2) is 52.1 Å². The van der Waals surface area contributed by atoms with E-state index in [0.29, 0.717) is 36.8 Å². The molecule has 2 aromatic rings. The van der Waals surface area contributed by atoms with E-state index >= 15 is 0 Å². The first-order valence-corrected chi connectivity index (χ1v) is 11.3. The number of ether oxygens (including phenoxy) is 2. The van der Waals surface area contributed by atoms with Gasteiger partial charge in [-0.05, 0) is 49.2 Å². The summed E-state index contributed by atoms with van der Waals surface area (Å²) in [5.41, 5.74) is 0.623. The first kappa shape index (κ1) is 21.9. The van der Waals surface area contributed by atoms with Crippen LogP contribution in [0.5, 0.6) is 11.5 Å². The van der Waals surface area contributed by atoms with Gasteiger partial charge in [0.2, 0.25) is 10.0 Å². The SMILES string of the molecule is COc1cccc(NC(=O)NCCOc2ccc(S(=O)(=O)N3CCCCC3)cc2)c1. The number of nitrogens with zero attached hydrogens (tertiary/aromatic N) is 1. The van der Waals surface area contributed by atoms with Gasteiger partial charge in [0.05, 0.1) is 18.6 Å². The van der Waals surface area contributed by atoms with Crippen LogP contribution < -0.4 is 20.1 Å². The number of nitrogens with one attached hydrogen (secondary N) is 2. The van der Waals surface area contributed by atoms with Gasteiger partial charge < -0.3 is 20.1 Å². The van der Waals surface area contributed by atoms with Gasteiger partial charge in [0, 0.05) is 24.8 Å². The number of carbonyl (C=O) groups excluding carboxylic acids is 1. The smallest absolute Gasteiger partial charge is 0.319 e. The Labute approximate surface area is 177 Å². The molecule has 0 unspecified atom stereocenters. The molecule has 0 atom stereocenters. The zero-order valence-electron chi connectivity index (χ0n) is 17.0. The number of carbonyl (C=O) groups is 1. The van der Waals surface area contributed by atoms with Gasteiger partial charge >= 0.3 is 6.03 Å². The minimum Gasteiger partial charge on any atom is -0.497 e. The molecule has 1 heterocycles. The van der Waals surface area contributed by atoms with Crippen molar-refractivity contribution in [2.45, 2.75) is 24.2 Å². The Morgan fingerprint density at radius 3 is 2.47 bits per heavy atom. The average Bonchev–Trinajstić information content (AvgIpc) is 2.78. The average molecular weight is 434 g/mol. The molecule has 9 heteroatoms. The number of amides is 2. The molecule has 0 aromatic heterocycles. The minimum absolute atomic E-state index is 0.254. The highest BCUT2D eigenvalue weighted by Gasteiger charge is 2.25.